The highest BCUT2D eigenvalue weighted by Crippen LogP contribution is 2.41. The number of rotatable bonds is 9. The Morgan fingerprint density at radius 2 is 2.03 bits per heavy atom. The molecule has 1 N–H and O–H groups in total. The molecule has 0 unspecified atom stereocenters. The van der Waals surface area contributed by atoms with Gasteiger partial charge in [-0.25, -0.2) is 4.98 Å². The summed E-state index contributed by atoms with van der Waals surface area (Å²) in [5.74, 6) is 1.71. The molecule has 1 fully saturated rings. The number of amides is 2. The molecule has 194 valence electrons. The van der Waals surface area contributed by atoms with Crippen LogP contribution in [0.1, 0.15) is 77.8 Å². The van der Waals surface area contributed by atoms with Crippen molar-refractivity contribution in [3.8, 4) is 5.75 Å². The molecule has 1 aromatic heterocycles. The van der Waals surface area contributed by atoms with Crippen LogP contribution in [0.3, 0.4) is 0 Å². The second-order valence-corrected chi connectivity index (χ2v) is 10.6. The van der Waals surface area contributed by atoms with Crippen LogP contribution in [0.4, 0.5) is 0 Å². The molecule has 0 radical (unpaired) electrons. The van der Waals surface area contributed by atoms with Crippen LogP contribution >= 0.6 is 0 Å². The maximum Gasteiger partial charge on any atom is 0.273 e. The minimum atomic E-state index is -0.245. The predicted molar refractivity (Wildman–Crippen MR) is 140 cm³/mol. The van der Waals surface area contributed by atoms with E-state index in [1.807, 2.05) is 12.1 Å². The van der Waals surface area contributed by atoms with Crippen molar-refractivity contribution in [1.29, 1.82) is 0 Å². The highest BCUT2D eigenvalue weighted by atomic mass is 16.5. The fourth-order valence-corrected chi connectivity index (χ4v) is 4.88. The first-order chi connectivity index (χ1) is 17.9. The van der Waals surface area contributed by atoms with Gasteiger partial charge in [0.2, 0.25) is 11.8 Å². The van der Waals surface area contributed by atoms with E-state index in [4.69, 9.17) is 9.15 Å². The molecule has 2 heterocycles. The van der Waals surface area contributed by atoms with E-state index in [-0.39, 0.29) is 36.1 Å². The number of aromatic nitrogens is 1. The molecule has 1 aliphatic heterocycles. The van der Waals surface area contributed by atoms with E-state index in [0.717, 1.165) is 43.4 Å². The molecule has 5 rings (SSSR count). The average molecular weight is 502 g/mol. The van der Waals surface area contributed by atoms with Crippen molar-refractivity contribution < 1.29 is 18.7 Å². The van der Waals surface area contributed by atoms with E-state index in [2.05, 4.69) is 66.3 Å². The molecule has 7 nitrogen and oxygen atoms in total. The van der Waals surface area contributed by atoms with Crippen molar-refractivity contribution in [2.24, 2.45) is 11.8 Å². The smallest absolute Gasteiger partial charge is 0.273 e. The van der Waals surface area contributed by atoms with Gasteiger partial charge in [0.05, 0.1) is 6.04 Å². The van der Waals surface area contributed by atoms with E-state index in [1.54, 1.807) is 0 Å². The molecular formula is C30H35N3O4. The van der Waals surface area contributed by atoms with Crippen molar-refractivity contribution in [2.45, 2.75) is 59.1 Å². The maximum atomic E-state index is 13.2. The maximum absolute atomic E-state index is 13.2. The van der Waals surface area contributed by atoms with Gasteiger partial charge in [0.15, 0.2) is 12.3 Å². The minimum absolute atomic E-state index is 0.109. The van der Waals surface area contributed by atoms with E-state index in [1.165, 1.54) is 17.4 Å². The van der Waals surface area contributed by atoms with E-state index in [0.29, 0.717) is 24.1 Å². The Bertz CT molecular complexity index is 1280. The molecule has 2 aliphatic rings. The Kier molecular flexibility index (Phi) is 7.31. The standard InChI is InChI=1S/C30H35N3O4/c1-19(2)11-13-31-29(34)26-17-37-27(32-26)18-36-24-10-9-21-12-14-33(30(35)22-7-8-22)28(25(21)16-24)23-6-4-5-20(3)15-23/h4-6,9-10,15-17,19,22,28H,7-8,11-14,18H2,1-3H3,(H,31,34)/t28-/m1/s1. The number of carbonyl (C=O) groups excluding carboxylic acids is 2. The van der Waals surface area contributed by atoms with Gasteiger partial charge in [-0.3, -0.25) is 9.59 Å². The summed E-state index contributed by atoms with van der Waals surface area (Å²) in [6.07, 6.45) is 5.07. The fourth-order valence-electron chi connectivity index (χ4n) is 4.88. The van der Waals surface area contributed by atoms with Crippen molar-refractivity contribution in [1.82, 2.24) is 15.2 Å². The first-order valence-corrected chi connectivity index (χ1v) is 13.2. The lowest BCUT2D eigenvalue weighted by Crippen LogP contribution is -2.41. The van der Waals surface area contributed by atoms with Crippen molar-refractivity contribution in [2.75, 3.05) is 13.1 Å². The van der Waals surface area contributed by atoms with Gasteiger partial charge in [-0.2, -0.15) is 0 Å². The molecule has 1 atom stereocenters. The molecule has 3 aromatic rings. The Morgan fingerprint density at radius 3 is 2.78 bits per heavy atom. The number of hydrogen-bond donors (Lipinski definition) is 1. The number of carbonyl (C=O) groups is 2. The van der Waals surface area contributed by atoms with Crippen LogP contribution in [0.2, 0.25) is 0 Å². The third-order valence-electron chi connectivity index (χ3n) is 7.07. The highest BCUT2D eigenvalue weighted by Gasteiger charge is 2.39. The molecular weight excluding hydrogens is 466 g/mol. The lowest BCUT2D eigenvalue weighted by molar-refractivity contribution is -0.134. The zero-order chi connectivity index (χ0) is 25.9. The van der Waals surface area contributed by atoms with Gasteiger partial charge in [-0.05, 0) is 67.3 Å². The van der Waals surface area contributed by atoms with E-state index < -0.39 is 0 Å². The zero-order valence-electron chi connectivity index (χ0n) is 21.8. The molecule has 7 heteroatoms. The second-order valence-electron chi connectivity index (χ2n) is 10.6. The van der Waals surface area contributed by atoms with E-state index >= 15 is 0 Å². The highest BCUT2D eigenvalue weighted by molar-refractivity contribution is 5.91. The number of nitrogens with zero attached hydrogens (tertiary/aromatic N) is 2. The summed E-state index contributed by atoms with van der Waals surface area (Å²) >= 11 is 0. The molecule has 2 aromatic carbocycles. The summed E-state index contributed by atoms with van der Waals surface area (Å²) in [5, 5.41) is 2.87. The summed E-state index contributed by atoms with van der Waals surface area (Å²) in [6, 6.07) is 14.4. The molecule has 0 saturated heterocycles. The van der Waals surface area contributed by atoms with Crippen molar-refractivity contribution in [3.05, 3.63) is 82.6 Å². The largest absolute Gasteiger partial charge is 0.484 e. The third kappa shape index (κ3) is 5.87. The summed E-state index contributed by atoms with van der Waals surface area (Å²) in [6.45, 7) is 7.74. The molecule has 0 spiro atoms. The second kappa shape index (κ2) is 10.8. The fraction of sp³-hybridized carbons (Fsp3) is 0.433. The number of hydrogen-bond acceptors (Lipinski definition) is 5. The molecule has 1 aliphatic carbocycles. The number of nitrogens with one attached hydrogen (secondary N) is 1. The molecule has 37 heavy (non-hydrogen) atoms. The monoisotopic (exact) mass is 501 g/mol. The average Bonchev–Trinajstić information content (AvgIpc) is 3.63. The zero-order valence-corrected chi connectivity index (χ0v) is 21.8. The first-order valence-electron chi connectivity index (χ1n) is 13.2. The first kappa shape index (κ1) is 25.1. The van der Waals surface area contributed by atoms with Gasteiger partial charge < -0.3 is 19.4 Å². The van der Waals surface area contributed by atoms with Crippen LogP contribution in [0, 0.1) is 18.8 Å². The Balaban J connectivity index is 1.32. The van der Waals surface area contributed by atoms with Crippen LogP contribution in [-0.4, -0.2) is 34.8 Å². The summed E-state index contributed by atoms with van der Waals surface area (Å²) in [5.41, 5.74) is 4.87. The summed E-state index contributed by atoms with van der Waals surface area (Å²) in [4.78, 5) is 31.9. The molecule has 2 amide bonds. The minimum Gasteiger partial charge on any atom is -0.484 e. The number of oxazole rings is 1. The van der Waals surface area contributed by atoms with Crippen LogP contribution in [0.15, 0.2) is 53.1 Å². The van der Waals surface area contributed by atoms with Crippen LogP contribution in [0.5, 0.6) is 5.75 Å². The van der Waals surface area contributed by atoms with Crippen molar-refractivity contribution in [3.63, 3.8) is 0 Å². The summed E-state index contributed by atoms with van der Waals surface area (Å²) in [7, 11) is 0. The SMILES string of the molecule is Cc1cccc([C@@H]2c3cc(OCc4nc(C(=O)NCCC(C)C)co4)ccc3CCN2C(=O)C2CC2)c1. The van der Waals surface area contributed by atoms with Crippen LogP contribution in [-0.2, 0) is 17.8 Å². The lowest BCUT2D eigenvalue weighted by Gasteiger charge is -2.38. The van der Waals surface area contributed by atoms with Gasteiger partial charge in [0.1, 0.15) is 12.0 Å². The van der Waals surface area contributed by atoms with Gasteiger partial charge >= 0.3 is 0 Å². The Hall–Kier alpha value is -3.61. The van der Waals surface area contributed by atoms with E-state index in [9.17, 15) is 9.59 Å². The third-order valence-corrected chi connectivity index (χ3v) is 7.07. The number of fused-ring (bicyclic) bond motifs is 1. The lowest BCUT2D eigenvalue weighted by atomic mass is 9.87. The van der Waals surface area contributed by atoms with Gasteiger partial charge in [0.25, 0.3) is 5.91 Å². The quantitative estimate of drug-likeness (QED) is 0.434. The van der Waals surface area contributed by atoms with Crippen LogP contribution < -0.4 is 10.1 Å². The molecule has 0 bridgehead atoms. The Labute approximate surface area is 218 Å². The van der Waals surface area contributed by atoms with Gasteiger partial charge in [-0.1, -0.05) is 49.7 Å². The Morgan fingerprint density at radius 1 is 1.19 bits per heavy atom. The topological polar surface area (TPSA) is 84.7 Å². The van der Waals surface area contributed by atoms with Crippen LogP contribution in [0.25, 0.3) is 0 Å². The number of ether oxygens (including phenoxy) is 1. The van der Waals surface area contributed by atoms with Gasteiger partial charge in [-0.15, -0.1) is 0 Å². The number of aryl methyl sites for hydroxylation is 1. The van der Waals surface area contributed by atoms with Crippen molar-refractivity contribution >= 4 is 11.8 Å². The molecule has 1 saturated carbocycles. The predicted octanol–water partition coefficient (Wildman–Crippen LogP) is 5.22. The number of benzene rings is 2. The summed E-state index contributed by atoms with van der Waals surface area (Å²) < 4.78 is 11.5. The van der Waals surface area contributed by atoms with Gasteiger partial charge in [0, 0.05) is 19.0 Å². The normalized spacial score (nSPS) is 17.0.